The summed E-state index contributed by atoms with van der Waals surface area (Å²) in [6.07, 6.45) is 9.61. The first-order chi connectivity index (χ1) is 12.1. The molecular weight excluding hydrogens is 350 g/mol. The van der Waals surface area contributed by atoms with Gasteiger partial charge in [-0.2, -0.15) is 0 Å². The summed E-state index contributed by atoms with van der Waals surface area (Å²) >= 11 is 0. The minimum absolute atomic E-state index is 0. The van der Waals surface area contributed by atoms with Gasteiger partial charge in [0.25, 0.3) is 0 Å². The highest BCUT2D eigenvalue weighted by Crippen LogP contribution is 2.42. The summed E-state index contributed by atoms with van der Waals surface area (Å²) in [7, 11) is 2.03. The third kappa shape index (κ3) is 3.92. The second kappa shape index (κ2) is 8.28. The zero-order valence-corrected chi connectivity index (χ0v) is 16.5. The van der Waals surface area contributed by atoms with Crippen LogP contribution in [0, 0.1) is 17.8 Å². The van der Waals surface area contributed by atoms with E-state index in [1.807, 2.05) is 19.4 Å². The molecule has 7 heteroatoms. The van der Waals surface area contributed by atoms with Crippen LogP contribution in [0.3, 0.4) is 0 Å². The number of carbonyl (C=O) groups excluding carboxylic acids is 1. The normalized spacial score (nSPS) is 32.2. The smallest absolute Gasteiger partial charge is 0.225 e. The zero-order chi connectivity index (χ0) is 17.4. The topological polar surface area (TPSA) is 67.4 Å². The van der Waals surface area contributed by atoms with Crippen molar-refractivity contribution >= 4 is 18.3 Å². The van der Waals surface area contributed by atoms with Gasteiger partial charge in [0.1, 0.15) is 5.82 Å². The van der Waals surface area contributed by atoms with Crippen LogP contribution >= 0.6 is 12.4 Å². The number of nitrogens with two attached hydrogens (primary N) is 1. The summed E-state index contributed by atoms with van der Waals surface area (Å²) in [6, 6.07) is 0.340. The number of piperazine rings is 1. The van der Waals surface area contributed by atoms with Gasteiger partial charge in [-0.05, 0) is 37.5 Å². The van der Waals surface area contributed by atoms with Crippen LogP contribution in [-0.4, -0.2) is 57.5 Å². The van der Waals surface area contributed by atoms with Crippen LogP contribution in [0.2, 0.25) is 0 Å². The Hall–Kier alpha value is -1.11. The molecule has 6 nitrogen and oxygen atoms in total. The second-order valence-electron chi connectivity index (χ2n) is 8.25. The van der Waals surface area contributed by atoms with E-state index in [1.54, 1.807) is 0 Å². The molecule has 2 saturated carbocycles. The Labute approximate surface area is 162 Å². The summed E-state index contributed by atoms with van der Waals surface area (Å²) in [6.45, 7) is 4.45. The van der Waals surface area contributed by atoms with Gasteiger partial charge in [-0.15, -0.1) is 12.4 Å². The molecule has 1 amide bonds. The van der Waals surface area contributed by atoms with Crippen molar-refractivity contribution in [3.63, 3.8) is 0 Å². The third-order valence-electron chi connectivity index (χ3n) is 6.73. The molecule has 2 bridgehead atoms. The molecule has 2 N–H and O–H groups in total. The number of rotatable bonds is 3. The van der Waals surface area contributed by atoms with Crippen molar-refractivity contribution in [3.8, 4) is 0 Å². The van der Waals surface area contributed by atoms with E-state index in [1.165, 1.54) is 19.3 Å². The highest BCUT2D eigenvalue weighted by Gasteiger charge is 2.41. The Kier molecular flexibility index (Phi) is 6.25. The van der Waals surface area contributed by atoms with Crippen molar-refractivity contribution in [1.29, 1.82) is 0 Å². The number of imidazole rings is 1. The fourth-order valence-electron chi connectivity index (χ4n) is 5.12. The van der Waals surface area contributed by atoms with Crippen molar-refractivity contribution in [1.82, 2.24) is 19.4 Å². The number of aryl methyl sites for hydroxylation is 1. The number of hydrogen-bond donors (Lipinski definition) is 1. The molecule has 1 aliphatic heterocycles. The largest absolute Gasteiger partial charge is 0.340 e. The number of aromatic nitrogens is 2. The predicted octanol–water partition coefficient (Wildman–Crippen LogP) is 1.64. The van der Waals surface area contributed by atoms with Gasteiger partial charge in [-0.1, -0.05) is 6.42 Å². The van der Waals surface area contributed by atoms with Crippen LogP contribution in [0.15, 0.2) is 12.4 Å². The number of fused-ring (bicyclic) bond motifs is 2. The quantitative estimate of drug-likeness (QED) is 0.864. The fraction of sp³-hybridized carbons (Fsp3) is 0.789. The van der Waals surface area contributed by atoms with E-state index in [2.05, 4.69) is 19.4 Å². The molecule has 2 aliphatic carbocycles. The molecule has 3 aliphatic rings. The SMILES string of the molecule is Cl.Cn1ccnc1CN1CCN(C(=O)C2CC3CCCC(C2)C3N)CC1. The predicted molar refractivity (Wildman–Crippen MR) is 104 cm³/mol. The molecule has 3 fully saturated rings. The Morgan fingerprint density at radius 2 is 1.85 bits per heavy atom. The van der Waals surface area contributed by atoms with Gasteiger partial charge in [0.2, 0.25) is 5.91 Å². The summed E-state index contributed by atoms with van der Waals surface area (Å²) in [5.41, 5.74) is 6.38. The minimum atomic E-state index is 0. The van der Waals surface area contributed by atoms with Crippen LogP contribution in [0.25, 0.3) is 0 Å². The van der Waals surface area contributed by atoms with Crippen LogP contribution in [0.1, 0.15) is 37.9 Å². The average molecular weight is 382 g/mol. The fourth-order valence-corrected chi connectivity index (χ4v) is 5.12. The van der Waals surface area contributed by atoms with Crippen LogP contribution in [0.5, 0.6) is 0 Å². The van der Waals surface area contributed by atoms with Crippen molar-refractivity contribution in [3.05, 3.63) is 18.2 Å². The molecule has 1 aromatic rings. The van der Waals surface area contributed by atoms with Crippen molar-refractivity contribution in [2.24, 2.45) is 30.5 Å². The van der Waals surface area contributed by atoms with E-state index < -0.39 is 0 Å². The van der Waals surface area contributed by atoms with E-state index in [0.29, 0.717) is 23.8 Å². The maximum Gasteiger partial charge on any atom is 0.225 e. The summed E-state index contributed by atoms with van der Waals surface area (Å²) in [4.78, 5) is 21.9. The van der Waals surface area contributed by atoms with Crippen LogP contribution in [0.4, 0.5) is 0 Å². The molecule has 4 rings (SSSR count). The lowest BCUT2D eigenvalue weighted by atomic mass is 9.65. The number of halogens is 1. The van der Waals surface area contributed by atoms with E-state index in [0.717, 1.165) is 51.4 Å². The summed E-state index contributed by atoms with van der Waals surface area (Å²) < 4.78 is 2.07. The van der Waals surface area contributed by atoms with Gasteiger partial charge in [0.05, 0.1) is 6.54 Å². The van der Waals surface area contributed by atoms with Crippen LogP contribution in [-0.2, 0) is 18.4 Å². The Bertz CT molecular complexity index is 599. The highest BCUT2D eigenvalue weighted by molar-refractivity contribution is 5.85. The van der Waals surface area contributed by atoms with E-state index in [9.17, 15) is 4.79 Å². The molecular formula is C19H32ClN5O. The lowest BCUT2D eigenvalue weighted by molar-refractivity contribution is -0.140. The van der Waals surface area contributed by atoms with Gasteiger partial charge < -0.3 is 15.2 Å². The number of nitrogens with zero attached hydrogens (tertiary/aromatic N) is 4. The minimum Gasteiger partial charge on any atom is -0.340 e. The second-order valence-corrected chi connectivity index (χ2v) is 8.25. The van der Waals surface area contributed by atoms with Crippen molar-refractivity contribution in [2.75, 3.05) is 26.2 Å². The molecule has 2 unspecified atom stereocenters. The molecule has 2 atom stereocenters. The molecule has 0 radical (unpaired) electrons. The number of hydrogen-bond acceptors (Lipinski definition) is 4. The van der Waals surface area contributed by atoms with Crippen molar-refractivity contribution in [2.45, 2.75) is 44.7 Å². The first-order valence-electron chi connectivity index (χ1n) is 9.84. The maximum atomic E-state index is 13.0. The Morgan fingerprint density at radius 1 is 1.19 bits per heavy atom. The molecule has 146 valence electrons. The lowest BCUT2D eigenvalue weighted by Crippen LogP contribution is -2.53. The molecule has 0 spiro atoms. The van der Waals surface area contributed by atoms with Gasteiger partial charge >= 0.3 is 0 Å². The van der Waals surface area contributed by atoms with Gasteiger partial charge in [-0.3, -0.25) is 9.69 Å². The lowest BCUT2D eigenvalue weighted by Gasteiger charge is -2.45. The molecule has 26 heavy (non-hydrogen) atoms. The Morgan fingerprint density at radius 3 is 2.42 bits per heavy atom. The number of carbonyl (C=O) groups is 1. The zero-order valence-electron chi connectivity index (χ0n) is 15.7. The molecule has 0 aromatic carbocycles. The third-order valence-corrected chi connectivity index (χ3v) is 6.73. The van der Waals surface area contributed by atoms with Crippen molar-refractivity contribution < 1.29 is 4.79 Å². The standard InChI is InChI=1S/C19H31N5O.ClH/c1-22-6-5-21-17(22)13-23-7-9-24(10-8-23)19(25)16-11-14-3-2-4-15(12-16)18(14)20;/h5-6,14-16,18H,2-4,7-13,20H2,1H3;1H. The first-order valence-corrected chi connectivity index (χ1v) is 9.84. The molecule has 2 heterocycles. The van der Waals surface area contributed by atoms with E-state index in [4.69, 9.17) is 5.73 Å². The van der Waals surface area contributed by atoms with E-state index in [-0.39, 0.29) is 18.3 Å². The monoisotopic (exact) mass is 381 g/mol. The van der Waals surface area contributed by atoms with Gasteiger partial charge in [-0.25, -0.2) is 4.98 Å². The molecule has 1 saturated heterocycles. The Balaban J connectivity index is 0.00000196. The average Bonchev–Trinajstić information content (AvgIpc) is 3.00. The molecule has 1 aromatic heterocycles. The van der Waals surface area contributed by atoms with E-state index >= 15 is 0 Å². The summed E-state index contributed by atoms with van der Waals surface area (Å²) in [5, 5.41) is 0. The summed E-state index contributed by atoms with van der Waals surface area (Å²) in [5.74, 6) is 2.85. The first kappa shape index (κ1) is 19.6. The highest BCUT2D eigenvalue weighted by atomic mass is 35.5. The van der Waals surface area contributed by atoms with Crippen LogP contribution < -0.4 is 5.73 Å². The maximum absolute atomic E-state index is 13.0. The van der Waals surface area contributed by atoms with Gasteiger partial charge in [0.15, 0.2) is 0 Å². The number of amides is 1. The van der Waals surface area contributed by atoms with Gasteiger partial charge in [0, 0.05) is 57.6 Å².